The van der Waals surface area contributed by atoms with E-state index in [1.807, 2.05) is 52.0 Å². The van der Waals surface area contributed by atoms with Crippen LogP contribution in [0.1, 0.15) is 307 Å². The summed E-state index contributed by atoms with van der Waals surface area (Å²) in [5.74, 6) is 4.14. The van der Waals surface area contributed by atoms with Crippen molar-refractivity contribution < 1.29 is 66.8 Å². The minimum absolute atomic E-state index is 0.000519. The van der Waals surface area contributed by atoms with E-state index in [0.717, 1.165) is 147 Å². The number of hydrogen-bond donors (Lipinski definition) is 2. The molecule has 6 saturated carbocycles. The van der Waals surface area contributed by atoms with Crippen LogP contribution in [0.25, 0.3) is 0 Å². The van der Waals surface area contributed by atoms with Crippen LogP contribution in [0.4, 0.5) is 0 Å². The molecule has 3 aromatic heterocycles. The number of rotatable bonds is 35. The number of carbonyl (C=O) groups excluding carboxylic acids is 4. The van der Waals surface area contributed by atoms with Crippen molar-refractivity contribution >= 4 is 47.2 Å². The van der Waals surface area contributed by atoms with E-state index in [-0.39, 0.29) is 86.4 Å². The second-order valence-corrected chi connectivity index (χ2v) is 32.1. The Hall–Kier alpha value is -8.18. The molecule has 0 radical (unpaired) electrons. The second kappa shape index (κ2) is 36.2. The van der Waals surface area contributed by atoms with Crippen LogP contribution >= 0.6 is 11.6 Å². The fraction of sp³-hybridized carbons (Fsp3) is 0.547. The van der Waals surface area contributed by atoms with Crippen molar-refractivity contribution in [2.45, 2.75) is 266 Å². The summed E-state index contributed by atoms with van der Waals surface area (Å²) in [6, 6.07) is 37.6. The number of carboxylic acids is 2. The molecule has 6 aliphatic carbocycles. The molecule has 0 amide bonds. The molecule has 0 bridgehead atoms. The van der Waals surface area contributed by atoms with Gasteiger partial charge in [0, 0.05) is 89.3 Å². The fourth-order valence-electron chi connectivity index (χ4n) is 15.9. The van der Waals surface area contributed by atoms with Crippen molar-refractivity contribution in [3.63, 3.8) is 0 Å². The smallest absolute Gasteiger partial charge is 0.306 e. The van der Waals surface area contributed by atoms with E-state index in [2.05, 4.69) is 100 Å². The van der Waals surface area contributed by atoms with Gasteiger partial charge < -0.3 is 38.0 Å². The molecule has 556 valence electrons. The predicted octanol–water partition coefficient (Wildman–Crippen LogP) is 19.4. The van der Waals surface area contributed by atoms with Crippen molar-refractivity contribution in [2.24, 2.45) is 17.8 Å². The van der Waals surface area contributed by atoms with Gasteiger partial charge in [0.1, 0.15) is 28.7 Å². The van der Waals surface area contributed by atoms with Crippen molar-refractivity contribution in [1.82, 2.24) is 15.5 Å². The highest BCUT2D eigenvalue weighted by molar-refractivity contribution is 6.31. The molecule has 3 heterocycles. The van der Waals surface area contributed by atoms with E-state index in [1.54, 1.807) is 0 Å². The van der Waals surface area contributed by atoms with Crippen LogP contribution in [-0.4, -0.2) is 81.1 Å². The molecule has 6 aliphatic rings. The molecule has 0 saturated heterocycles. The number of aromatic nitrogens is 3. The molecule has 0 unspecified atom stereocenters. The second-order valence-electron chi connectivity index (χ2n) is 31.7. The molecule has 3 atom stereocenters. The normalized spacial score (nSPS) is 20.5. The summed E-state index contributed by atoms with van der Waals surface area (Å²) < 4.78 is 33.0. The van der Waals surface area contributed by atoms with Crippen LogP contribution in [0, 0.1) is 24.7 Å². The van der Waals surface area contributed by atoms with E-state index < -0.39 is 17.5 Å². The minimum Gasteiger partial charge on any atom is -0.481 e. The first kappa shape index (κ1) is 76.9. The first-order chi connectivity index (χ1) is 50.1. The number of ether oxygens (including phenoxy) is 3. The zero-order valence-corrected chi connectivity index (χ0v) is 62.4. The van der Waals surface area contributed by atoms with Crippen LogP contribution in [-0.2, 0) is 68.7 Å². The van der Waals surface area contributed by atoms with Crippen molar-refractivity contribution in [1.29, 1.82) is 0 Å². The number of hydrogen-bond acceptors (Lipinski definition) is 15. The van der Waals surface area contributed by atoms with Gasteiger partial charge in [-0.25, -0.2) is 0 Å². The molecule has 13 rings (SSSR count). The molecule has 2 N–H and O–H groups in total. The van der Waals surface area contributed by atoms with Gasteiger partial charge in [0.15, 0.2) is 0 Å². The highest BCUT2D eigenvalue weighted by Crippen LogP contribution is 2.56. The average molecular weight is 1440 g/mol. The zero-order chi connectivity index (χ0) is 73.4. The van der Waals surface area contributed by atoms with E-state index in [1.165, 1.54) is 61.3 Å². The summed E-state index contributed by atoms with van der Waals surface area (Å²) in [4.78, 5) is 72.2. The predicted molar refractivity (Wildman–Crippen MR) is 396 cm³/mol. The number of carbonyl (C=O) groups is 6. The van der Waals surface area contributed by atoms with E-state index in [4.69, 9.17) is 39.4 Å². The maximum atomic E-state index is 13.2. The highest BCUT2D eigenvalue weighted by Gasteiger charge is 2.45. The number of benzene rings is 4. The molecule has 17 nitrogen and oxygen atoms in total. The topological polar surface area (TPSA) is 249 Å². The Labute approximate surface area is 617 Å². The molecular formula is C86H106ClN3O14. The summed E-state index contributed by atoms with van der Waals surface area (Å²) >= 11 is 6.38. The number of aryl methyl sites for hydroxylation is 4. The molecule has 7 aromatic rings. The Bertz CT molecular complexity index is 3970. The Morgan fingerprint density at radius 2 is 0.846 bits per heavy atom. The van der Waals surface area contributed by atoms with Gasteiger partial charge in [-0.05, 0) is 232 Å². The fourth-order valence-corrected chi connectivity index (χ4v) is 16.2. The Morgan fingerprint density at radius 3 is 1.18 bits per heavy atom. The quantitative estimate of drug-likeness (QED) is 0.0277. The third kappa shape index (κ3) is 22.0. The van der Waals surface area contributed by atoms with E-state index in [0.29, 0.717) is 77.5 Å². The van der Waals surface area contributed by atoms with Gasteiger partial charge in [-0.1, -0.05) is 130 Å². The molecular weight excluding hydrogens is 1330 g/mol. The number of ketones is 1. The molecule has 18 heteroatoms. The first-order valence-corrected chi connectivity index (χ1v) is 38.7. The lowest BCUT2D eigenvalue weighted by Gasteiger charge is -2.34. The lowest BCUT2D eigenvalue weighted by Crippen LogP contribution is -2.25. The highest BCUT2D eigenvalue weighted by atomic mass is 35.5. The average Bonchev–Trinajstić information content (AvgIpc) is 1.72. The van der Waals surface area contributed by atoms with E-state index >= 15 is 0 Å². The van der Waals surface area contributed by atoms with Crippen LogP contribution in [0.5, 0.6) is 0 Å². The van der Waals surface area contributed by atoms with Crippen molar-refractivity contribution in [3.05, 3.63) is 193 Å². The summed E-state index contributed by atoms with van der Waals surface area (Å²) in [6.45, 7) is 7.56. The summed E-state index contributed by atoms with van der Waals surface area (Å²) in [6.07, 6.45) is 22.5. The van der Waals surface area contributed by atoms with Gasteiger partial charge in [-0.2, -0.15) is 0 Å². The third-order valence-electron chi connectivity index (χ3n) is 22.2. The Kier molecular flexibility index (Phi) is 26.8. The van der Waals surface area contributed by atoms with Crippen LogP contribution in [0.2, 0.25) is 5.02 Å². The maximum Gasteiger partial charge on any atom is 0.306 e. The van der Waals surface area contributed by atoms with Gasteiger partial charge in [0.25, 0.3) is 0 Å². The SMILES string of the molecule is COC(=O)CC[C@@H](CC(=O)O)c1noc(C2CC(CCc3ccccc3)C2)c1C1CC1.COC(=O)CC[C@@H](CC(=O)OC(C)(C)C)c1noc(C2CC(CCc3ccccc3)C2)c1C1CC1.Cc1ccc(CC(=O)C[C@H](CCC(=O)O)c2noc(C3CC(CCc4ccccc4)C3)c2C2CC2)c(Cl)c1. The lowest BCUT2D eigenvalue weighted by atomic mass is 9.70. The Balaban J connectivity index is 0.000000157. The van der Waals surface area contributed by atoms with Gasteiger partial charge in [0.2, 0.25) is 0 Å². The summed E-state index contributed by atoms with van der Waals surface area (Å²) in [7, 11) is 2.74. The van der Waals surface area contributed by atoms with Crippen molar-refractivity contribution in [3.8, 4) is 0 Å². The molecule has 0 aliphatic heterocycles. The van der Waals surface area contributed by atoms with Crippen LogP contribution < -0.4 is 0 Å². The van der Waals surface area contributed by atoms with Crippen molar-refractivity contribution in [2.75, 3.05) is 14.2 Å². The van der Waals surface area contributed by atoms with Gasteiger partial charge in [0.05, 0.1) is 44.1 Å². The molecule has 0 spiro atoms. The largest absolute Gasteiger partial charge is 0.481 e. The molecule has 6 fully saturated rings. The lowest BCUT2D eigenvalue weighted by molar-refractivity contribution is -0.155. The number of esters is 3. The summed E-state index contributed by atoms with van der Waals surface area (Å²) in [5.41, 5.74) is 11.4. The number of aliphatic carboxylic acids is 2. The van der Waals surface area contributed by atoms with Gasteiger partial charge in [-0.15, -0.1) is 0 Å². The van der Waals surface area contributed by atoms with Gasteiger partial charge in [-0.3, -0.25) is 28.8 Å². The number of carboxylic acid groups (broad SMARTS) is 2. The number of methoxy groups -OCH3 is 2. The number of Topliss-reactive ketones (excluding diaryl/α,β-unsaturated/α-hetero) is 1. The molecule has 104 heavy (non-hydrogen) atoms. The Morgan fingerprint density at radius 1 is 0.481 bits per heavy atom. The number of halogens is 1. The standard InChI is InChI=1S/C32H36ClNO4.C29H39NO5.C25H31NO5/c1-20-7-10-24(28(33)15-20)18-27(35)19-25(13-14-29(36)37)31-30(23-11-12-23)32(38-34-31)26-16-22(17-26)9-8-21-5-3-2-4-6-21;1-29(2,3)34-25(32)18-22(14-15-24(31)33-4)27-26(21-12-13-21)28(35-30-27)23-16-20(17-23)11-10-19-8-6-5-7-9-19;1-30-22(29)12-11-19(15-21(27)28)24-23(18-9-10-18)25(31-26-24)20-13-17(14-20)8-7-16-5-3-2-4-6-16/h2-7,10,15,22-23,25-26H,8-9,11-14,16-19H2,1H3,(H,36,37);5-9,20-23H,10-18H2,1-4H3;2-6,17-20H,7-15H2,1H3,(H,27,28)/t22?,25-,26?;20?,22-,23?;17?,19-,20?/m000/s1. The maximum absolute atomic E-state index is 13.2. The van der Waals surface area contributed by atoms with E-state index in [9.17, 15) is 39.0 Å². The minimum atomic E-state index is -0.884. The third-order valence-corrected chi connectivity index (χ3v) is 22.6. The van der Waals surface area contributed by atoms with Crippen LogP contribution in [0.3, 0.4) is 0 Å². The van der Waals surface area contributed by atoms with Gasteiger partial charge >= 0.3 is 29.8 Å². The van der Waals surface area contributed by atoms with Crippen LogP contribution in [0.15, 0.2) is 123 Å². The molecule has 4 aromatic carbocycles. The number of nitrogens with zero attached hydrogens (tertiary/aromatic N) is 3. The first-order valence-electron chi connectivity index (χ1n) is 38.3. The zero-order valence-electron chi connectivity index (χ0n) is 61.6. The summed E-state index contributed by atoms with van der Waals surface area (Å²) in [5, 5.41) is 32.8. The monoisotopic (exact) mass is 1440 g/mol.